The van der Waals surface area contributed by atoms with E-state index in [0.717, 1.165) is 6.07 Å². The fourth-order valence-electron chi connectivity index (χ4n) is 1.98. The van der Waals surface area contributed by atoms with E-state index in [1.54, 1.807) is 6.92 Å². The first kappa shape index (κ1) is 19.3. The van der Waals surface area contributed by atoms with Gasteiger partial charge in [0, 0.05) is 12.1 Å². The molecule has 0 bridgehead atoms. The fourth-order valence-corrected chi connectivity index (χ4v) is 3.76. The molecule has 0 unspecified atom stereocenters. The van der Waals surface area contributed by atoms with E-state index >= 15 is 0 Å². The molecule has 0 aromatic heterocycles. The average Bonchev–Trinajstić information content (AvgIpc) is 2.35. The molecule has 0 saturated carbocycles. The van der Waals surface area contributed by atoms with Crippen molar-refractivity contribution in [2.24, 2.45) is 5.73 Å². The summed E-state index contributed by atoms with van der Waals surface area (Å²) in [5.74, 6) is -0.451. The average molecular weight is 325 g/mol. The largest absolute Gasteiger partial charge is 0.329 e. The molecular weight excluding hydrogens is 303 g/mol. The highest BCUT2D eigenvalue weighted by atomic mass is 35.5. The Morgan fingerprint density at radius 2 is 1.85 bits per heavy atom. The van der Waals surface area contributed by atoms with Crippen LogP contribution in [-0.2, 0) is 10.0 Å². The Morgan fingerprint density at radius 1 is 1.30 bits per heavy atom. The Balaban J connectivity index is 0.00000361. The van der Waals surface area contributed by atoms with Crippen LogP contribution in [0.5, 0.6) is 0 Å². The Labute approximate surface area is 126 Å². The third-order valence-corrected chi connectivity index (χ3v) is 5.26. The number of hydrogen-bond donors (Lipinski definition) is 2. The van der Waals surface area contributed by atoms with E-state index in [2.05, 4.69) is 4.72 Å². The summed E-state index contributed by atoms with van der Waals surface area (Å²) in [7, 11) is -3.70. The van der Waals surface area contributed by atoms with Crippen LogP contribution >= 0.6 is 12.4 Å². The molecule has 0 heterocycles. The molecule has 4 nitrogen and oxygen atoms in total. The van der Waals surface area contributed by atoms with Gasteiger partial charge in [-0.3, -0.25) is 0 Å². The zero-order valence-corrected chi connectivity index (χ0v) is 13.6. The second kappa shape index (κ2) is 7.36. The summed E-state index contributed by atoms with van der Waals surface area (Å²) < 4.78 is 40.4. The highest BCUT2D eigenvalue weighted by Gasteiger charge is 2.31. The first-order chi connectivity index (χ1) is 8.80. The number of nitrogens with two attached hydrogens (primary N) is 1. The summed E-state index contributed by atoms with van der Waals surface area (Å²) in [6.07, 6.45) is 1.19. The second-order valence-corrected chi connectivity index (χ2v) is 6.36. The minimum absolute atomic E-state index is 0. The Morgan fingerprint density at radius 3 is 2.25 bits per heavy atom. The van der Waals surface area contributed by atoms with Crippen molar-refractivity contribution in [3.63, 3.8) is 0 Å². The molecule has 0 saturated heterocycles. The first-order valence-electron chi connectivity index (χ1n) is 6.30. The van der Waals surface area contributed by atoms with Crippen LogP contribution < -0.4 is 10.5 Å². The third kappa shape index (κ3) is 4.15. The van der Waals surface area contributed by atoms with E-state index in [4.69, 9.17) is 5.73 Å². The number of benzene rings is 1. The van der Waals surface area contributed by atoms with Gasteiger partial charge in [0.15, 0.2) is 0 Å². The molecule has 1 aromatic rings. The Hall–Kier alpha value is -0.690. The molecule has 20 heavy (non-hydrogen) atoms. The minimum atomic E-state index is -3.70. The van der Waals surface area contributed by atoms with Crippen molar-refractivity contribution in [3.05, 3.63) is 29.6 Å². The predicted octanol–water partition coefficient (Wildman–Crippen LogP) is 2.35. The maximum Gasteiger partial charge on any atom is 0.241 e. The van der Waals surface area contributed by atoms with Crippen LogP contribution in [-0.4, -0.2) is 20.5 Å². The maximum absolute atomic E-state index is 13.0. The van der Waals surface area contributed by atoms with Crippen molar-refractivity contribution in [2.75, 3.05) is 6.54 Å². The summed E-state index contributed by atoms with van der Waals surface area (Å²) in [4.78, 5) is 0.0913. The summed E-state index contributed by atoms with van der Waals surface area (Å²) in [6.45, 7) is 5.56. The van der Waals surface area contributed by atoms with Crippen LogP contribution in [0.3, 0.4) is 0 Å². The molecule has 0 amide bonds. The summed E-state index contributed by atoms with van der Waals surface area (Å²) in [6, 6.07) is 3.62. The Kier molecular flexibility index (Phi) is 7.10. The van der Waals surface area contributed by atoms with E-state index < -0.39 is 21.4 Å². The van der Waals surface area contributed by atoms with Gasteiger partial charge in [-0.1, -0.05) is 13.8 Å². The minimum Gasteiger partial charge on any atom is -0.329 e. The molecular formula is C13H22ClFN2O2S. The van der Waals surface area contributed by atoms with Gasteiger partial charge in [-0.25, -0.2) is 17.5 Å². The number of hydrogen-bond acceptors (Lipinski definition) is 3. The number of aryl methyl sites for hydroxylation is 1. The van der Waals surface area contributed by atoms with Gasteiger partial charge in [-0.2, -0.15) is 0 Å². The van der Waals surface area contributed by atoms with Gasteiger partial charge in [0.2, 0.25) is 10.0 Å². The zero-order valence-electron chi connectivity index (χ0n) is 11.9. The lowest BCUT2D eigenvalue weighted by atomic mass is 9.95. The molecule has 1 rings (SSSR count). The smallest absolute Gasteiger partial charge is 0.241 e. The standard InChI is InChI=1S/C13H21FN2O2S.ClH/c1-4-13(5-2,9-15)16-19(17,18)12-7-6-11(14)8-10(12)3;/h6-8,16H,4-5,9,15H2,1-3H3;1H. The summed E-state index contributed by atoms with van der Waals surface area (Å²) >= 11 is 0. The molecule has 0 radical (unpaired) electrons. The van der Waals surface area contributed by atoms with Crippen LogP contribution in [0, 0.1) is 12.7 Å². The quantitative estimate of drug-likeness (QED) is 0.843. The molecule has 7 heteroatoms. The second-order valence-electron chi connectivity index (χ2n) is 4.71. The van der Waals surface area contributed by atoms with Crippen molar-refractivity contribution >= 4 is 22.4 Å². The van der Waals surface area contributed by atoms with Crippen molar-refractivity contribution in [1.82, 2.24) is 4.72 Å². The van der Waals surface area contributed by atoms with E-state index in [1.807, 2.05) is 13.8 Å². The maximum atomic E-state index is 13.0. The van der Waals surface area contributed by atoms with Gasteiger partial charge >= 0.3 is 0 Å². The van der Waals surface area contributed by atoms with Gasteiger partial charge in [0.1, 0.15) is 5.82 Å². The normalized spacial score (nSPS) is 12.1. The highest BCUT2D eigenvalue weighted by Crippen LogP contribution is 2.21. The fraction of sp³-hybridized carbons (Fsp3) is 0.538. The number of rotatable bonds is 6. The highest BCUT2D eigenvalue weighted by molar-refractivity contribution is 7.89. The van der Waals surface area contributed by atoms with Gasteiger partial charge in [-0.05, 0) is 43.5 Å². The third-order valence-electron chi connectivity index (χ3n) is 3.52. The summed E-state index contributed by atoms with van der Waals surface area (Å²) in [5.41, 5.74) is 5.42. The van der Waals surface area contributed by atoms with Crippen LogP contribution in [0.4, 0.5) is 4.39 Å². The first-order valence-corrected chi connectivity index (χ1v) is 7.78. The molecule has 3 N–H and O–H groups in total. The number of sulfonamides is 1. The lowest BCUT2D eigenvalue weighted by molar-refractivity contribution is 0.363. The van der Waals surface area contributed by atoms with Gasteiger partial charge < -0.3 is 5.73 Å². The topological polar surface area (TPSA) is 72.2 Å². The predicted molar refractivity (Wildman–Crippen MR) is 81.1 cm³/mol. The Bertz CT molecular complexity index is 537. The van der Waals surface area contributed by atoms with Crippen LogP contribution in [0.1, 0.15) is 32.3 Å². The van der Waals surface area contributed by atoms with E-state index in [1.165, 1.54) is 12.1 Å². The molecule has 0 spiro atoms. The molecule has 0 fully saturated rings. The van der Waals surface area contributed by atoms with Crippen molar-refractivity contribution in [1.29, 1.82) is 0 Å². The van der Waals surface area contributed by atoms with E-state index in [-0.39, 0.29) is 23.8 Å². The molecule has 0 atom stereocenters. The van der Waals surface area contributed by atoms with E-state index in [0.29, 0.717) is 18.4 Å². The summed E-state index contributed by atoms with van der Waals surface area (Å²) in [5, 5.41) is 0. The molecule has 0 aliphatic heterocycles. The molecule has 1 aromatic carbocycles. The molecule has 0 aliphatic rings. The van der Waals surface area contributed by atoms with Gasteiger partial charge in [-0.15, -0.1) is 12.4 Å². The van der Waals surface area contributed by atoms with E-state index in [9.17, 15) is 12.8 Å². The molecule has 116 valence electrons. The lowest BCUT2D eigenvalue weighted by Gasteiger charge is -2.31. The van der Waals surface area contributed by atoms with Gasteiger partial charge in [0.25, 0.3) is 0 Å². The number of halogens is 2. The van der Waals surface area contributed by atoms with Crippen molar-refractivity contribution in [3.8, 4) is 0 Å². The van der Waals surface area contributed by atoms with Crippen LogP contribution in [0.2, 0.25) is 0 Å². The zero-order chi connectivity index (χ0) is 14.7. The van der Waals surface area contributed by atoms with Crippen LogP contribution in [0.25, 0.3) is 0 Å². The SMILES string of the molecule is CCC(CC)(CN)NS(=O)(=O)c1ccc(F)cc1C.Cl. The monoisotopic (exact) mass is 324 g/mol. The van der Waals surface area contributed by atoms with Crippen molar-refractivity contribution < 1.29 is 12.8 Å². The van der Waals surface area contributed by atoms with Crippen molar-refractivity contribution in [2.45, 2.75) is 44.0 Å². The molecule has 0 aliphatic carbocycles. The number of nitrogens with one attached hydrogen (secondary N) is 1. The van der Waals surface area contributed by atoms with Gasteiger partial charge in [0.05, 0.1) is 4.90 Å². The van der Waals surface area contributed by atoms with Crippen LogP contribution in [0.15, 0.2) is 23.1 Å². The lowest BCUT2D eigenvalue weighted by Crippen LogP contribution is -2.52.